The Morgan fingerprint density at radius 1 is 1.30 bits per heavy atom. The maximum absolute atomic E-state index is 12.2. The molecule has 1 saturated heterocycles. The van der Waals surface area contributed by atoms with Gasteiger partial charge in [-0.05, 0) is 50.1 Å². The summed E-state index contributed by atoms with van der Waals surface area (Å²) in [6.45, 7) is 1.24. The van der Waals surface area contributed by atoms with E-state index in [1.807, 2.05) is 30.3 Å². The van der Waals surface area contributed by atoms with E-state index in [9.17, 15) is 9.90 Å². The van der Waals surface area contributed by atoms with E-state index in [-0.39, 0.29) is 11.9 Å². The number of likely N-dealkylation sites (tertiary alicyclic amines) is 1. The number of benzene rings is 1. The van der Waals surface area contributed by atoms with Gasteiger partial charge in [0.1, 0.15) is 11.9 Å². The van der Waals surface area contributed by atoms with Gasteiger partial charge in [0, 0.05) is 11.7 Å². The van der Waals surface area contributed by atoms with Crippen molar-refractivity contribution in [1.82, 2.24) is 4.90 Å². The minimum Gasteiger partial charge on any atom is -0.467 e. The van der Waals surface area contributed by atoms with E-state index in [4.69, 9.17) is 4.42 Å². The third-order valence-corrected chi connectivity index (χ3v) is 4.27. The summed E-state index contributed by atoms with van der Waals surface area (Å²) >= 11 is 0. The fourth-order valence-corrected chi connectivity index (χ4v) is 3.13. The second-order valence-corrected chi connectivity index (χ2v) is 5.95. The van der Waals surface area contributed by atoms with E-state index in [0.29, 0.717) is 18.7 Å². The molecule has 1 aliphatic heterocycles. The number of para-hydroxylation sites is 1. The molecular formula is C18H22N2O3. The SMILES string of the molecule is O=C(CN1CCCC1CC(O)c1ccco1)Nc1ccccc1. The van der Waals surface area contributed by atoms with Gasteiger partial charge in [0.05, 0.1) is 12.8 Å². The molecule has 1 fully saturated rings. The molecular weight excluding hydrogens is 292 g/mol. The Labute approximate surface area is 135 Å². The van der Waals surface area contributed by atoms with Gasteiger partial charge in [-0.2, -0.15) is 0 Å². The number of anilines is 1. The zero-order chi connectivity index (χ0) is 16.1. The molecule has 5 heteroatoms. The second-order valence-electron chi connectivity index (χ2n) is 5.95. The minimum atomic E-state index is -0.618. The number of hydrogen-bond acceptors (Lipinski definition) is 4. The van der Waals surface area contributed by atoms with E-state index in [1.54, 1.807) is 18.4 Å². The van der Waals surface area contributed by atoms with Crippen molar-refractivity contribution in [2.75, 3.05) is 18.4 Å². The van der Waals surface area contributed by atoms with Gasteiger partial charge in [-0.3, -0.25) is 9.69 Å². The minimum absolute atomic E-state index is 0.0180. The van der Waals surface area contributed by atoms with Crippen LogP contribution in [0.5, 0.6) is 0 Å². The highest BCUT2D eigenvalue weighted by molar-refractivity contribution is 5.92. The average Bonchev–Trinajstić information content (AvgIpc) is 3.21. The molecule has 0 radical (unpaired) electrons. The molecule has 0 aliphatic carbocycles. The number of hydrogen-bond donors (Lipinski definition) is 2. The Balaban J connectivity index is 1.53. The second kappa shape index (κ2) is 7.44. The first-order valence-corrected chi connectivity index (χ1v) is 8.03. The largest absolute Gasteiger partial charge is 0.467 e. The van der Waals surface area contributed by atoms with Crippen molar-refractivity contribution in [1.29, 1.82) is 0 Å². The van der Waals surface area contributed by atoms with Crippen molar-refractivity contribution in [2.24, 2.45) is 0 Å². The van der Waals surface area contributed by atoms with Crippen LogP contribution in [0.1, 0.15) is 31.1 Å². The third-order valence-electron chi connectivity index (χ3n) is 4.27. The smallest absolute Gasteiger partial charge is 0.238 e. The molecule has 2 heterocycles. The maximum atomic E-state index is 12.2. The molecule has 5 nitrogen and oxygen atoms in total. The van der Waals surface area contributed by atoms with Gasteiger partial charge >= 0.3 is 0 Å². The number of amides is 1. The van der Waals surface area contributed by atoms with Crippen LogP contribution < -0.4 is 5.32 Å². The summed E-state index contributed by atoms with van der Waals surface area (Å²) < 4.78 is 5.25. The fraction of sp³-hybridized carbons (Fsp3) is 0.389. The van der Waals surface area contributed by atoms with Crippen LogP contribution in [0, 0.1) is 0 Å². The van der Waals surface area contributed by atoms with Crippen molar-refractivity contribution in [3.8, 4) is 0 Å². The Bertz CT molecular complexity index is 612. The van der Waals surface area contributed by atoms with Gasteiger partial charge in [0.25, 0.3) is 0 Å². The summed E-state index contributed by atoms with van der Waals surface area (Å²) in [7, 11) is 0. The van der Waals surface area contributed by atoms with Gasteiger partial charge in [0.2, 0.25) is 5.91 Å². The van der Waals surface area contributed by atoms with Gasteiger partial charge in [-0.1, -0.05) is 18.2 Å². The highest BCUT2D eigenvalue weighted by Gasteiger charge is 2.29. The zero-order valence-corrected chi connectivity index (χ0v) is 13.0. The molecule has 2 N–H and O–H groups in total. The number of aliphatic hydroxyl groups is 1. The normalized spacial score (nSPS) is 19.6. The summed E-state index contributed by atoms with van der Waals surface area (Å²) in [4.78, 5) is 14.3. The Kier molecular flexibility index (Phi) is 5.10. The lowest BCUT2D eigenvalue weighted by molar-refractivity contribution is -0.117. The molecule has 122 valence electrons. The number of furan rings is 1. The molecule has 3 rings (SSSR count). The summed E-state index contributed by atoms with van der Waals surface area (Å²) in [5.41, 5.74) is 0.809. The third kappa shape index (κ3) is 4.21. The van der Waals surface area contributed by atoms with E-state index < -0.39 is 6.10 Å². The first kappa shape index (κ1) is 15.8. The first-order valence-electron chi connectivity index (χ1n) is 8.03. The van der Waals surface area contributed by atoms with E-state index in [0.717, 1.165) is 25.1 Å². The summed E-state index contributed by atoms with van der Waals surface area (Å²) in [6.07, 6.45) is 3.59. The van der Waals surface area contributed by atoms with E-state index in [1.165, 1.54) is 0 Å². The number of nitrogens with zero attached hydrogens (tertiary/aromatic N) is 1. The quantitative estimate of drug-likeness (QED) is 0.860. The monoisotopic (exact) mass is 314 g/mol. The number of carbonyl (C=O) groups excluding carboxylic acids is 1. The molecule has 0 bridgehead atoms. The van der Waals surface area contributed by atoms with Gasteiger partial charge in [0.15, 0.2) is 0 Å². The van der Waals surface area contributed by atoms with Gasteiger partial charge < -0.3 is 14.8 Å². The summed E-state index contributed by atoms with van der Waals surface area (Å²) in [5, 5.41) is 13.1. The molecule has 1 amide bonds. The average molecular weight is 314 g/mol. The summed E-state index contributed by atoms with van der Waals surface area (Å²) in [6, 6.07) is 13.2. The van der Waals surface area contributed by atoms with E-state index >= 15 is 0 Å². The number of nitrogens with one attached hydrogen (secondary N) is 1. The van der Waals surface area contributed by atoms with Crippen LogP contribution >= 0.6 is 0 Å². The molecule has 0 saturated carbocycles. The van der Waals surface area contributed by atoms with Crippen LogP contribution in [0.3, 0.4) is 0 Å². The zero-order valence-electron chi connectivity index (χ0n) is 13.0. The molecule has 1 aromatic heterocycles. The molecule has 0 spiro atoms. The molecule has 2 unspecified atom stereocenters. The van der Waals surface area contributed by atoms with Crippen LogP contribution in [-0.2, 0) is 4.79 Å². The number of carbonyl (C=O) groups is 1. The lowest BCUT2D eigenvalue weighted by atomic mass is 10.1. The predicted molar refractivity (Wildman–Crippen MR) is 88.0 cm³/mol. The van der Waals surface area contributed by atoms with Crippen molar-refractivity contribution in [3.05, 3.63) is 54.5 Å². The summed E-state index contributed by atoms with van der Waals surface area (Å²) in [5.74, 6) is 0.571. The van der Waals surface area contributed by atoms with Crippen LogP contribution in [0.4, 0.5) is 5.69 Å². The van der Waals surface area contributed by atoms with Crippen molar-refractivity contribution in [3.63, 3.8) is 0 Å². The maximum Gasteiger partial charge on any atom is 0.238 e. The van der Waals surface area contributed by atoms with Crippen LogP contribution in [0.25, 0.3) is 0 Å². The Hall–Kier alpha value is -2.11. The standard InChI is InChI=1S/C18H22N2O3/c21-16(17-9-5-11-23-17)12-15-8-4-10-20(15)13-18(22)19-14-6-2-1-3-7-14/h1-3,5-7,9,11,15-16,21H,4,8,10,12-13H2,(H,19,22). The predicted octanol–water partition coefficient (Wildman–Crippen LogP) is 2.81. The first-order chi connectivity index (χ1) is 11.2. The highest BCUT2D eigenvalue weighted by Crippen LogP contribution is 2.27. The number of aliphatic hydroxyl groups excluding tert-OH is 1. The van der Waals surface area contributed by atoms with Crippen LogP contribution in [-0.4, -0.2) is 35.0 Å². The van der Waals surface area contributed by atoms with E-state index in [2.05, 4.69) is 10.2 Å². The lowest BCUT2D eigenvalue weighted by Gasteiger charge is -2.25. The molecule has 1 aliphatic rings. The van der Waals surface area contributed by atoms with Crippen LogP contribution in [0.2, 0.25) is 0 Å². The molecule has 2 aromatic rings. The molecule has 1 aromatic carbocycles. The van der Waals surface area contributed by atoms with Crippen molar-refractivity contribution in [2.45, 2.75) is 31.4 Å². The highest BCUT2D eigenvalue weighted by atomic mass is 16.4. The van der Waals surface area contributed by atoms with Gasteiger partial charge in [-0.15, -0.1) is 0 Å². The fourth-order valence-electron chi connectivity index (χ4n) is 3.13. The Morgan fingerprint density at radius 2 is 2.13 bits per heavy atom. The van der Waals surface area contributed by atoms with Crippen molar-refractivity contribution < 1.29 is 14.3 Å². The molecule has 2 atom stereocenters. The van der Waals surface area contributed by atoms with Gasteiger partial charge in [-0.25, -0.2) is 0 Å². The number of rotatable bonds is 6. The van der Waals surface area contributed by atoms with Crippen LogP contribution in [0.15, 0.2) is 53.1 Å². The Morgan fingerprint density at radius 3 is 2.87 bits per heavy atom. The lowest BCUT2D eigenvalue weighted by Crippen LogP contribution is -2.37. The topological polar surface area (TPSA) is 65.7 Å². The molecule has 23 heavy (non-hydrogen) atoms. The van der Waals surface area contributed by atoms with Crippen molar-refractivity contribution >= 4 is 11.6 Å².